The summed E-state index contributed by atoms with van der Waals surface area (Å²) in [6.45, 7) is 4.56. The highest BCUT2D eigenvalue weighted by Crippen LogP contribution is 2.37. The molecule has 28 heavy (non-hydrogen) atoms. The fraction of sp³-hybridized carbons (Fsp3) is 0.348. The lowest BCUT2D eigenvalue weighted by Crippen LogP contribution is -2.33. The van der Waals surface area contributed by atoms with E-state index in [9.17, 15) is 4.79 Å². The second-order valence-electron chi connectivity index (χ2n) is 8.08. The molecule has 1 fully saturated rings. The monoisotopic (exact) mass is 372 g/mol. The number of rotatable bonds is 2. The van der Waals surface area contributed by atoms with Crippen LogP contribution >= 0.6 is 0 Å². The first-order valence-electron chi connectivity index (χ1n) is 10.1. The van der Waals surface area contributed by atoms with E-state index in [1.807, 2.05) is 53.4 Å². The number of fused-ring (bicyclic) bond motifs is 3. The van der Waals surface area contributed by atoms with Crippen molar-refractivity contribution in [3.8, 4) is 11.1 Å². The smallest absolute Gasteiger partial charge is 0.261 e. The molecule has 1 aliphatic rings. The van der Waals surface area contributed by atoms with Gasteiger partial charge in [-0.2, -0.15) is 5.10 Å². The summed E-state index contributed by atoms with van der Waals surface area (Å²) >= 11 is 0. The van der Waals surface area contributed by atoms with Gasteiger partial charge >= 0.3 is 0 Å². The van der Waals surface area contributed by atoms with Crippen molar-refractivity contribution in [1.29, 1.82) is 0 Å². The van der Waals surface area contributed by atoms with Crippen molar-refractivity contribution in [2.75, 3.05) is 0 Å². The predicted octanol–water partition coefficient (Wildman–Crippen LogP) is 4.71. The molecule has 1 aromatic carbocycles. The van der Waals surface area contributed by atoms with Gasteiger partial charge in [0.1, 0.15) is 0 Å². The zero-order chi connectivity index (χ0) is 19.3. The summed E-state index contributed by atoms with van der Waals surface area (Å²) in [6.07, 6.45) is 8.98. The van der Waals surface area contributed by atoms with E-state index in [0.29, 0.717) is 17.2 Å². The van der Waals surface area contributed by atoms with Crippen LogP contribution < -0.4 is 5.56 Å². The van der Waals surface area contributed by atoms with Gasteiger partial charge in [0.15, 0.2) is 5.65 Å². The molecular weight excluding hydrogens is 348 g/mol. The van der Waals surface area contributed by atoms with Gasteiger partial charge in [-0.15, -0.1) is 0 Å². The SMILES string of the molecule is C[C@H]1[C@H](C)CCC[C@@H]1n1ccc2c(cnc3c(-c4ccccc4)cnn32)c1=O. The van der Waals surface area contributed by atoms with Crippen LogP contribution in [0, 0.1) is 11.8 Å². The summed E-state index contributed by atoms with van der Waals surface area (Å²) in [6, 6.07) is 12.4. The topological polar surface area (TPSA) is 52.2 Å². The number of hydrogen-bond acceptors (Lipinski definition) is 3. The molecule has 0 saturated heterocycles. The second-order valence-corrected chi connectivity index (χ2v) is 8.08. The first kappa shape index (κ1) is 17.2. The van der Waals surface area contributed by atoms with Crippen LogP contribution in [0.25, 0.3) is 27.7 Å². The highest BCUT2D eigenvalue weighted by molar-refractivity contribution is 5.84. The number of pyridine rings is 1. The molecular formula is C23H24N4O. The molecule has 0 unspecified atom stereocenters. The molecule has 1 saturated carbocycles. The lowest BCUT2D eigenvalue weighted by molar-refractivity contribution is 0.183. The quantitative estimate of drug-likeness (QED) is 0.512. The molecule has 5 nitrogen and oxygen atoms in total. The average Bonchev–Trinajstić information content (AvgIpc) is 3.16. The fourth-order valence-corrected chi connectivity index (χ4v) is 4.66. The van der Waals surface area contributed by atoms with Gasteiger partial charge in [-0.05, 0) is 29.9 Å². The van der Waals surface area contributed by atoms with Crippen molar-refractivity contribution in [2.24, 2.45) is 11.8 Å². The van der Waals surface area contributed by atoms with Crippen LogP contribution in [-0.4, -0.2) is 19.2 Å². The molecule has 0 bridgehead atoms. The van der Waals surface area contributed by atoms with E-state index in [4.69, 9.17) is 0 Å². The molecule has 0 radical (unpaired) electrons. The molecule has 3 aromatic heterocycles. The number of hydrogen-bond donors (Lipinski definition) is 0. The molecule has 0 spiro atoms. The van der Waals surface area contributed by atoms with Gasteiger partial charge in [0.2, 0.25) is 0 Å². The van der Waals surface area contributed by atoms with E-state index in [1.54, 1.807) is 10.7 Å². The fourth-order valence-electron chi connectivity index (χ4n) is 4.66. The number of aromatic nitrogens is 4. The highest BCUT2D eigenvalue weighted by Gasteiger charge is 2.29. The van der Waals surface area contributed by atoms with E-state index in [-0.39, 0.29) is 11.6 Å². The minimum atomic E-state index is 0.0367. The van der Waals surface area contributed by atoms with Crippen molar-refractivity contribution < 1.29 is 0 Å². The number of benzene rings is 1. The van der Waals surface area contributed by atoms with Crippen molar-refractivity contribution in [3.63, 3.8) is 0 Å². The van der Waals surface area contributed by atoms with E-state index >= 15 is 0 Å². The predicted molar refractivity (Wildman–Crippen MR) is 111 cm³/mol. The Morgan fingerprint density at radius 3 is 2.68 bits per heavy atom. The Morgan fingerprint density at radius 2 is 1.86 bits per heavy atom. The molecule has 142 valence electrons. The third-order valence-corrected chi connectivity index (χ3v) is 6.53. The third kappa shape index (κ3) is 2.57. The van der Waals surface area contributed by atoms with Gasteiger partial charge in [-0.1, -0.05) is 57.0 Å². The van der Waals surface area contributed by atoms with Gasteiger partial charge in [-0.3, -0.25) is 4.79 Å². The second kappa shape index (κ2) is 6.59. The first-order valence-corrected chi connectivity index (χ1v) is 10.1. The Labute approximate surface area is 163 Å². The zero-order valence-electron chi connectivity index (χ0n) is 16.2. The van der Waals surface area contributed by atoms with Crippen LogP contribution in [0.1, 0.15) is 39.2 Å². The van der Waals surface area contributed by atoms with Crippen LogP contribution in [0.15, 0.2) is 59.8 Å². The maximum absolute atomic E-state index is 13.3. The standard InChI is InChI=1S/C23H24N4O/c1-15-7-6-10-20(16(15)2)26-12-11-21-19(23(26)28)13-24-22-18(14-25-27(21)22)17-8-4-3-5-9-17/h3-5,8-9,11-16,20H,6-7,10H2,1-2H3/t15-,16+,20+/m1/s1. The number of nitrogens with zero attached hydrogens (tertiary/aromatic N) is 4. The molecule has 3 atom stereocenters. The Hall–Kier alpha value is -2.95. The summed E-state index contributed by atoms with van der Waals surface area (Å²) < 4.78 is 3.72. The van der Waals surface area contributed by atoms with Gasteiger partial charge in [0.05, 0.1) is 17.1 Å². The van der Waals surface area contributed by atoms with Crippen LogP contribution in [0.5, 0.6) is 0 Å². The lowest BCUT2D eigenvalue weighted by atomic mass is 9.78. The summed E-state index contributed by atoms with van der Waals surface area (Å²) in [5, 5.41) is 5.17. The molecule has 3 heterocycles. The largest absolute Gasteiger partial charge is 0.311 e. The van der Waals surface area contributed by atoms with Crippen LogP contribution in [0.2, 0.25) is 0 Å². The zero-order valence-corrected chi connectivity index (χ0v) is 16.2. The van der Waals surface area contributed by atoms with E-state index in [1.165, 1.54) is 12.8 Å². The molecule has 5 heteroatoms. The van der Waals surface area contributed by atoms with Gasteiger partial charge in [-0.25, -0.2) is 9.50 Å². The summed E-state index contributed by atoms with van der Waals surface area (Å²) in [4.78, 5) is 17.9. The van der Waals surface area contributed by atoms with E-state index in [0.717, 1.165) is 28.7 Å². The molecule has 1 aliphatic carbocycles. The van der Waals surface area contributed by atoms with Gasteiger partial charge in [0, 0.05) is 24.0 Å². The van der Waals surface area contributed by atoms with Crippen LogP contribution in [0.3, 0.4) is 0 Å². The molecule has 0 amide bonds. The normalized spacial score (nSPS) is 22.7. The van der Waals surface area contributed by atoms with Crippen molar-refractivity contribution >= 4 is 16.6 Å². The van der Waals surface area contributed by atoms with Crippen molar-refractivity contribution in [2.45, 2.75) is 39.2 Å². The molecule has 4 aromatic rings. The maximum Gasteiger partial charge on any atom is 0.261 e. The minimum Gasteiger partial charge on any atom is -0.311 e. The van der Waals surface area contributed by atoms with Gasteiger partial charge in [0.25, 0.3) is 5.56 Å². The highest BCUT2D eigenvalue weighted by atomic mass is 16.1. The van der Waals surface area contributed by atoms with Gasteiger partial charge < -0.3 is 4.57 Å². The van der Waals surface area contributed by atoms with Crippen molar-refractivity contribution in [1.82, 2.24) is 19.2 Å². The summed E-state index contributed by atoms with van der Waals surface area (Å²) in [5.41, 5.74) is 3.67. The Bertz CT molecular complexity index is 1210. The van der Waals surface area contributed by atoms with Crippen LogP contribution in [0.4, 0.5) is 0 Å². The van der Waals surface area contributed by atoms with Crippen LogP contribution in [-0.2, 0) is 0 Å². The summed E-state index contributed by atoms with van der Waals surface area (Å²) in [5.74, 6) is 1.14. The first-order chi connectivity index (χ1) is 13.6. The average molecular weight is 372 g/mol. The molecule has 0 N–H and O–H groups in total. The molecule has 0 aliphatic heterocycles. The maximum atomic E-state index is 13.3. The van der Waals surface area contributed by atoms with E-state index in [2.05, 4.69) is 23.9 Å². The third-order valence-electron chi connectivity index (χ3n) is 6.53. The Kier molecular flexibility index (Phi) is 4.04. The Balaban J connectivity index is 1.67. The Morgan fingerprint density at radius 1 is 1.04 bits per heavy atom. The minimum absolute atomic E-state index is 0.0367. The van der Waals surface area contributed by atoms with E-state index < -0.39 is 0 Å². The molecule has 5 rings (SSSR count). The lowest BCUT2D eigenvalue weighted by Gasteiger charge is -2.35. The summed E-state index contributed by atoms with van der Waals surface area (Å²) in [7, 11) is 0. The van der Waals surface area contributed by atoms with Crippen molar-refractivity contribution in [3.05, 3.63) is 65.3 Å².